The molecule has 2 N–H and O–H groups in total. The number of halogens is 4. The van der Waals surface area contributed by atoms with Gasteiger partial charge in [-0.15, -0.1) is 0 Å². The predicted octanol–water partition coefficient (Wildman–Crippen LogP) is 3.95. The largest absolute Gasteiger partial charge is 0.363 e. The lowest BCUT2D eigenvalue weighted by Gasteiger charge is -2.37. The third-order valence-corrected chi connectivity index (χ3v) is 7.72. The second-order valence-electron chi connectivity index (χ2n) is 10.4. The molecule has 0 amide bonds. The van der Waals surface area contributed by atoms with Gasteiger partial charge in [-0.05, 0) is 42.3 Å². The Kier molecular flexibility index (Phi) is 8.60. The van der Waals surface area contributed by atoms with E-state index in [4.69, 9.17) is 5.73 Å². The number of nitrogens with two attached hydrogens (primary N) is 1. The van der Waals surface area contributed by atoms with Crippen molar-refractivity contribution in [2.75, 3.05) is 31.1 Å². The summed E-state index contributed by atoms with van der Waals surface area (Å²) in [5.41, 5.74) is 6.73. The Morgan fingerprint density at radius 1 is 0.762 bits per heavy atom. The minimum atomic E-state index is -0.912. The van der Waals surface area contributed by atoms with Crippen molar-refractivity contribution in [2.24, 2.45) is 5.73 Å². The van der Waals surface area contributed by atoms with Crippen LogP contribution in [0.5, 0.6) is 0 Å². The Balaban J connectivity index is 1.49. The lowest BCUT2D eigenvalue weighted by molar-refractivity contribution is 0.248. The third kappa shape index (κ3) is 6.02. The van der Waals surface area contributed by atoms with E-state index < -0.39 is 47.1 Å². The van der Waals surface area contributed by atoms with Gasteiger partial charge in [-0.1, -0.05) is 42.5 Å². The van der Waals surface area contributed by atoms with E-state index >= 15 is 0 Å². The summed E-state index contributed by atoms with van der Waals surface area (Å²) in [5.74, 6) is -3.42. The van der Waals surface area contributed by atoms with E-state index in [0.29, 0.717) is 38.3 Å². The molecule has 2 heterocycles. The van der Waals surface area contributed by atoms with E-state index in [-0.39, 0.29) is 23.5 Å². The molecule has 1 fully saturated rings. The molecule has 0 aliphatic carbocycles. The van der Waals surface area contributed by atoms with Crippen molar-refractivity contribution < 1.29 is 17.6 Å². The molecule has 0 bridgehead atoms. The van der Waals surface area contributed by atoms with E-state index in [1.807, 2.05) is 15.9 Å². The molecule has 0 radical (unpaired) electrons. The van der Waals surface area contributed by atoms with Crippen LogP contribution in [0.4, 0.5) is 23.2 Å². The van der Waals surface area contributed by atoms with Crippen LogP contribution in [-0.2, 0) is 19.6 Å². The predicted molar refractivity (Wildman–Crippen MR) is 152 cm³/mol. The Bertz CT molecular complexity index is 1680. The Morgan fingerprint density at radius 3 is 2.07 bits per heavy atom. The van der Waals surface area contributed by atoms with Crippen molar-refractivity contribution >= 4 is 5.69 Å². The summed E-state index contributed by atoms with van der Waals surface area (Å²) in [7, 11) is 0. The quantitative estimate of drug-likeness (QED) is 0.319. The van der Waals surface area contributed by atoms with E-state index in [1.165, 1.54) is 16.7 Å². The number of hydrogen-bond donors (Lipinski definition) is 1. The van der Waals surface area contributed by atoms with Crippen molar-refractivity contribution in [3.8, 4) is 0 Å². The molecule has 5 rings (SSSR count). The monoisotopic (exact) mass is 581 g/mol. The summed E-state index contributed by atoms with van der Waals surface area (Å²) in [6.07, 6.45) is 0. The summed E-state index contributed by atoms with van der Waals surface area (Å²) in [6, 6.07) is 15.6. The zero-order valence-corrected chi connectivity index (χ0v) is 23.1. The lowest BCUT2D eigenvalue weighted by atomic mass is 10.1. The highest BCUT2D eigenvalue weighted by molar-refractivity contribution is 5.50. The molecule has 0 saturated carbocycles. The van der Waals surface area contributed by atoms with E-state index in [1.54, 1.807) is 31.2 Å². The number of benzene rings is 3. The molecule has 1 aromatic heterocycles. The molecule has 1 atom stereocenters. The summed E-state index contributed by atoms with van der Waals surface area (Å²) in [4.78, 5) is 31.5. The molecule has 0 spiro atoms. The first kappa shape index (κ1) is 29.3. The molecule has 0 unspecified atom stereocenters. The second kappa shape index (κ2) is 12.3. The Labute approximate surface area is 240 Å². The second-order valence-corrected chi connectivity index (χ2v) is 10.4. The molecule has 220 valence electrons. The summed E-state index contributed by atoms with van der Waals surface area (Å²) < 4.78 is 58.5. The van der Waals surface area contributed by atoms with Gasteiger partial charge in [-0.3, -0.25) is 18.8 Å². The van der Waals surface area contributed by atoms with Crippen LogP contribution in [-0.4, -0.2) is 40.2 Å². The van der Waals surface area contributed by atoms with Gasteiger partial charge in [0.1, 0.15) is 17.3 Å². The maximum atomic E-state index is 14.6. The molecule has 11 heteroatoms. The zero-order chi connectivity index (χ0) is 30.0. The number of hydrogen-bond acceptors (Lipinski definition) is 5. The van der Waals surface area contributed by atoms with Crippen LogP contribution >= 0.6 is 0 Å². The Morgan fingerprint density at radius 2 is 1.43 bits per heavy atom. The fourth-order valence-electron chi connectivity index (χ4n) is 5.37. The van der Waals surface area contributed by atoms with Crippen LogP contribution < -0.4 is 21.9 Å². The smallest absolute Gasteiger partial charge is 0.331 e. The first-order chi connectivity index (χ1) is 20.1. The Hall–Kier alpha value is -4.22. The van der Waals surface area contributed by atoms with Gasteiger partial charge in [0.2, 0.25) is 0 Å². The molecule has 1 saturated heterocycles. The first-order valence-electron chi connectivity index (χ1n) is 13.6. The highest BCUT2D eigenvalue weighted by atomic mass is 19.2. The van der Waals surface area contributed by atoms with E-state index in [9.17, 15) is 27.2 Å². The molecular formula is C31H31F4N5O2. The van der Waals surface area contributed by atoms with Crippen LogP contribution in [0.15, 0.2) is 76.3 Å². The molecule has 3 aromatic carbocycles. The van der Waals surface area contributed by atoms with Crippen molar-refractivity contribution in [1.82, 2.24) is 14.0 Å². The van der Waals surface area contributed by atoms with Crippen molar-refractivity contribution in [3.05, 3.63) is 133 Å². The number of rotatable bonds is 8. The minimum Gasteiger partial charge on any atom is -0.363 e. The van der Waals surface area contributed by atoms with Crippen LogP contribution in [0.3, 0.4) is 0 Å². The van der Waals surface area contributed by atoms with Crippen LogP contribution in [0, 0.1) is 30.2 Å². The number of piperazine rings is 1. The van der Waals surface area contributed by atoms with Crippen molar-refractivity contribution in [3.63, 3.8) is 0 Å². The molecule has 42 heavy (non-hydrogen) atoms. The topological polar surface area (TPSA) is 76.5 Å². The first-order valence-corrected chi connectivity index (χ1v) is 13.6. The fraction of sp³-hybridized carbons (Fsp3) is 0.290. The van der Waals surface area contributed by atoms with Crippen molar-refractivity contribution in [2.45, 2.75) is 32.6 Å². The summed E-state index contributed by atoms with van der Waals surface area (Å²) in [5, 5.41) is 0. The van der Waals surface area contributed by atoms with Gasteiger partial charge >= 0.3 is 5.69 Å². The highest BCUT2D eigenvalue weighted by Crippen LogP contribution is 2.21. The molecule has 1 aliphatic heterocycles. The van der Waals surface area contributed by atoms with Gasteiger partial charge in [0.15, 0.2) is 11.6 Å². The average Bonchev–Trinajstić information content (AvgIpc) is 2.98. The van der Waals surface area contributed by atoms with Crippen LogP contribution in [0.2, 0.25) is 0 Å². The van der Waals surface area contributed by atoms with E-state index in [0.717, 1.165) is 34.4 Å². The van der Waals surface area contributed by atoms with Gasteiger partial charge in [-0.25, -0.2) is 22.4 Å². The number of aromatic nitrogens is 2. The van der Waals surface area contributed by atoms with Gasteiger partial charge in [0.05, 0.1) is 13.1 Å². The maximum absolute atomic E-state index is 14.6. The normalized spacial score (nSPS) is 14.8. The fourth-order valence-corrected chi connectivity index (χ4v) is 5.37. The highest BCUT2D eigenvalue weighted by Gasteiger charge is 2.27. The van der Waals surface area contributed by atoms with E-state index in [2.05, 4.69) is 0 Å². The van der Waals surface area contributed by atoms with Crippen molar-refractivity contribution in [1.29, 1.82) is 0 Å². The lowest BCUT2D eigenvalue weighted by Crippen LogP contribution is -2.51. The molecule has 7 nitrogen and oxygen atoms in total. The van der Waals surface area contributed by atoms with Crippen LogP contribution in [0.1, 0.15) is 28.4 Å². The van der Waals surface area contributed by atoms with Gasteiger partial charge < -0.3 is 10.6 Å². The van der Waals surface area contributed by atoms with Gasteiger partial charge in [0, 0.05) is 50.0 Å². The molecule has 1 aliphatic rings. The van der Waals surface area contributed by atoms with Crippen LogP contribution in [0.25, 0.3) is 0 Å². The number of anilines is 1. The summed E-state index contributed by atoms with van der Waals surface area (Å²) in [6.45, 7) is 3.24. The summed E-state index contributed by atoms with van der Waals surface area (Å²) >= 11 is 0. The molecule has 4 aromatic rings. The van der Waals surface area contributed by atoms with Gasteiger partial charge in [0.25, 0.3) is 5.56 Å². The third-order valence-electron chi connectivity index (χ3n) is 7.72. The zero-order valence-electron chi connectivity index (χ0n) is 23.1. The number of nitrogens with zero attached hydrogens (tertiary/aromatic N) is 4. The standard InChI is InChI=1S/C31H31F4N5O2/c1-20-29(38-14-12-37(13-15-38)17-21-10-11-26(34)27(35)16-21)30(41)40(19-28(36)22-6-3-2-4-7-22)31(42)39(20)18-23-24(32)8-5-9-25(23)33/h2-11,16,28H,12-15,17-19,36H2,1H3/t28-/m0/s1. The maximum Gasteiger partial charge on any atom is 0.331 e. The minimum absolute atomic E-state index is 0.134. The SMILES string of the molecule is Cc1c(N2CCN(Cc3ccc(F)c(F)c3)CC2)c(=O)n(C[C@H](N)c2ccccc2)c(=O)n1Cc1c(F)cccc1F. The van der Waals surface area contributed by atoms with Gasteiger partial charge in [-0.2, -0.15) is 0 Å². The average molecular weight is 582 g/mol. The molecular weight excluding hydrogens is 550 g/mol.